The van der Waals surface area contributed by atoms with E-state index in [1.165, 1.54) is 16.2 Å². The van der Waals surface area contributed by atoms with Crippen LogP contribution in [0.1, 0.15) is 11.6 Å². The minimum Gasteiger partial charge on any atom is -0.437 e. The van der Waals surface area contributed by atoms with Crippen molar-refractivity contribution >= 4 is 34.7 Å². The van der Waals surface area contributed by atoms with E-state index >= 15 is 0 Å². The van der Waals surface area contributed by atoms with Crippen LogP contribution in [-0.4, -0.2) is 31.1 Å². The third kappa shape index (κ3) is 2.97. The molecule has 22 heavy (non-hydrogen) atoms. The first-order chi connectivity index (χ1) is 10.7. The van der Waals surface area contributed by atoms with Gasteiger partial charge in [-0.05, 0) is 18.2 Å². The second-order valence-corrected chi connectivity index (χ2v) is 4.75. The monoisotopic (exact) mass is 319 g/mol. The van der Waals surface area contributed by atoms with E-state index < -0.39 is 5.91 Å². The van der Waals surface area contributed by atoms with Crippen LogP contribution in [0.3, 0.4) is 0 Å². The predicted molar refractivity (Wildman–Crippen MR) is 77.1 cm³/mol. The number of fused-ring (bicyclic) bond motifs is 1. The zero-order valence-electron chi connectivity index (χ0n) is 11.1. The van der Waals surface area contributed by atoms with Gasteiger partial charge in [-0.2, -0.15) is 0 Å². The fraction of sp³-hybridized carbons (Fsp3) is 0.0769. The topological polar surface area (TPSA) is 106 Å². The van der Waals surface area contributed by atoms with Gasteiger partial charge in [0.05, 0.1) is 11.2 Å². The van der Waals surface area contributed by atoms with Gasteiger partial charge in [0.2, 0.25) is 5.89 Å². The zero-order valence-corrected chi connectivity index (χ0v) is 11.9. The lowest BCUT2D eigenvalue weighted by atomic mass is 10.3. The van der Waals surface area contributed by atoms with Crippen LogP contribution in [0.4, 0.5) is 0 Å². The summed E-state index contributed by atoms with van der Waals surface area (Å²) < 4.78 is 7.09. The van der Waals surface area contributed by atoms with Crippen molar-refractivity contribution in [1.82, 2.24) is 25.5 Å². The molecule has 3 aromatic rings. The van der Waals surface area contributed by atoms with Gasteiger partial charge in [-0.3, -0.25) is 10.0 Å². The van der Waals surface area contributed by atoms with Crippen molar-refractivity contribution in [3.8, 4) is 0 Å². The van der Waals surface area contributed by atoms with Crippen molar-refractivity contribution in [3.63, 3.8) is 0 Å². The Morgan fingerprint density at radius 3 is 3.14 bits per heavy atom. The van der Waals surface area contributed by atoms with Gasteiger partial charge < -0.3 is 4.42 Å². The van der Waals surface area contributed by atoms with E-state index in [0.717, 1.165) is 6.08 Å². The van der Waals surface area contributed by atoms with Crippen LogP contribution in [-0.2, 0) is 11.3 Å². The van der Waals surface area contributed by atoms with Gasteiger partial charge in [0.15, 0.2) is 5.58 Å². The molecule has 0 spiro atoms. The molecule has 2 heterocycles. The number of oxazole rings is 1. The number of para-hydroxylation sites is 1. The molecule has 1 aromatic carbocycles. The number of hydroxylamine groups is 1. The SMILES string of the molecule is O=C(/C=C/c1cn(Cc2nc3cccc(Cl)c3o2)nn1)NO. The van der Waals surface area contributed by atoms with Gasteiger partial charge in [0, 0.05) is 6.08 Å². The van der Waals surface area contributed by atoms with E-state index in [0.29, 0.717) is 27.7 Å². The highest BCUT2D eigenvalue weighted by molar-refractivity contribution is 6.34. The van der Waals surface area contributed by atoms with Crippen LogP contribution >= 0.6 is 11.6 Å². The highest BCUT2D eigenvalue weighted by atomic mass is 35.5. The van der Waals surface area contributed by atoms with Gasteiger partial charge in [-0.25, -0.2) is 15.1 Å². The number of benzene rings is 1. The standard InChI is InChI=1S/C13H10ClN5O3/c14-9-2-1-3-10-13(9)22-12(15-10)7-19-6-8(16-18-19)4-5-11(20)17-21/h1-6,21H,7H2,(H,17,20)/b5-4+. The van der Waals surface area contributed by atoms with Crippen LogP contribution in [0.2, 0.25) is 5.02 Å². The molecule has 112 valence electrons. The lowest BCUT2D eigenvalue weighted by Crippen LogP contribution is -2.14. The third-order valence-corrected chi connectivity index (χ3v) is 3.08. The van der Waals surface area contributed by atoms with E-state index in [1.54, 1.807) is 24.4 Å². The lowest BCUT2D eigenvalue weighted by molar-refractivity contribution is -0.124. The normalized spacial score (nSPS) is 11.4. The number of amides is 1. The smallest absolute Gasteiger partial charge is 0.267 e. The Hall–Kier alpha value is -2.71. The van der Waals surface area contributed by atoms with E-state index in [9.17, 15) is 4.79 Å². The van der Waals surface area contributed by atoms with Crippen LogP contribution in [0, 0.1) is 0 Å². The number of aromatic nitrogens is 4. The van der Waals surface area contributed by atoms with Crippen LogP contribution in [0.5, 0.6) is 0 Å². The average Bonchev–Trinajstić information content (AvgIpc) is 3.12. The maximum Gasteiger partial charge on any atom is 0.267 e. The van der Waals surface area contributed by atoms with Gasteiger partial charge in [0.1, 0.15) is 17.8 Å². The van der Waals surface area contributed by atoms with Crippen LogP contribution in [0.15, 0.2) is 34.9 Å². The van der Waals surface area contributed by atoms with Crippen molar-refractivity contribution in [2.75, 3.05) is 0 Å². The Balaban J connectivity index is 1.78. The number of halogens is 1. The molecule has 2 N–H and O–H groups in total. The van der Waals surface area contributed by atoms with Crippen LogP contribution in [0.25, 0.3) is 17.2 Å². The molecule has 8 nitrogen and oxygen atoms in total. The summed E-state index contributed by atoms with van der Waals surface area (Å²) in [4.78, 5) is 15.2. The molecule has 0 aliphatic carbocycles. The number of rotatable bonds is 4. The molecule has 0 radical (unpaired) electrons. The summed E-state index contributed by atoms with van der Waals surface area (Å²) in [5.74, 6) is -0.209. The Kier molecular flexibility index (Phi) is 3.86. The quantitative estimate of drug-likeness (QED) is 0.430. The first-order valence-corrected chi connectivity index (χ1v) is 6.60. The molecule has 9 heteroatoms. The van der Waals surface area contributed by atoms with Crippen molar-refractivity contribution in [2.24, 2.45) is 0 Å². The summed E-state index contributed by atoms with van der Waals surface area (Å²) in [6.07, 6.45) is 4.16. The fourth-order valence-electron chi connectivity index (χ4n) is 1.83. The summed E-state index contributed by atoms with van der Waals surface area (Å²) in [7, 11) is 0. The largest absolute Gasteiger partial charge is 0.437 e. The summed E-state index contributed by atoms with van der Waals surface area (Å²) in [5, 5.41) is 16.6. The Morgan fingerprint density at radius 1 is 1.50 bits per heavy atom. The Bertz CT molecular complexity index is 854. The van der Waals surface area contributed by atoms with Crippen molar-refractivity contribution in [1.29, 1.82) is 0 Å². The molecule has 0 saturated heterocycles. The van der Waals surface area contributed by atoms with Gasteiger partial charge in [0.25, 0.3) is 5.91 Å². The van der Waals surface area contributed by atoms with E-state index in [-0.39, 0.29) is 6.54 Å². The summed E-state index contributed by atoms with van der Waals surface area (Å²) in [5.41, 5.74) is 3.14. The molecular formula is C13H10ClN5O3. The lowest BCUT2D eigenvalue weighted by Gasteiger charge is -1.93. The number of hydrogen-bond acceptors (Lipinski definition) is 6. The third-order valence-electron chi connectivity index (χ3n) is 2.78. The fourth-order valence-corrected chi connectivity index (χ4v) is 2.04. The molecule has 2 aromatic heterocycles. The molecule has 1 amide bonds. The number of nitrogens with one attached hydrogen (secondary N) is 1. The molecule has 0 saturated carbocycles. The van der Waals surface area contributed by atoms with E-state index in [2.05, 4.69) is 15.3 Å². The van der Waals surface area contributed by atoms with Crippen LogP contribution < -0.4 is 5.48 Å². The molecule has 0 aliphatic rings. The molecular weight excluding hydrogens is 310 g/mol. The van der Waals surface area contributed by atoms with E-state index in [1.807, 2.05) is 0 Å². The number of carbonyl (C=O) groups excluding carboxylic acids is 1. The van der Waals surface area contributed by atoms with Gasteiger partial charge in [-0.15, -0.1) is 5.10 Å². The minimum absolute atomic E-state index is 0.276. The van der Waals surface area contributed by atoms with Crippen molar-refractivity contribution < 1.29 is 14.4 Å². The van der Waals surface area contributed by atoms with Crippen molar-refractivity contribution in [2.45, 2.75) is 6.54 Å². The van der Waals surface area contributed by atoms with Gasteiger partial charge in [-0.1, -0.05) is 22.9 Å². The highest BCUT2D eigenvalue weighted by Crippen LogP contribution is 2.24. The molecule has 3 rings (SSSR count). The first-order valence-electron chi connectivity index (χ1n) is 6.22. The molecule has 0 fully saturated rings. The Labute approximate surface area is 129 Å². The van der Waals surface area contributed by atoms with Gasteiger partial charge >= 0.3 is 0 Å². The predicted octanol–water partition coefficient (Wildman–Crippen LogP) is 1.64. The minimum atomic E-state index is -0.650. The molecule has 0 bridgehead atoms. The Morgan fingerprint density at radius 2 is 2.36 bits per heavy atom. The summed E-state index contributed by atoms with van der Waals surface area (Å²) in [6.45, 7) is 0.276. The summed E-state index contributed by atoms with van der Waals surface area (Å²) in [6, 6.07) is 5.32. The second kappa shape index (κ2) is 5.96. The maximum absolute atomic E-state index is 10.9. The second-order valence-electron chi connectivity index (χ2n) is 4.35. The number of hydrogen-bond donors (Lipinski definition) is 2. The van der Waals surface area contributed by atoms with Crippen molar-refractivity contribution in [3.05, 3.63) is 47.1 Å². The number of nitrogens with zero attached hydrogens (tertiary/aromatic N) is 4. The van der Waals surface area contributed by atoms with E-state index in [4.69, 9.17) is 21.2 Å². The zero-order chi connectivity index (χ0) is 15.5. The molecule has 0 aliphatic heterocycles. The summed E-state index contributed by atoms with van der Waals surface area (Å²) >= 11 is 6.03. The molecule has 0 unspecified atom stereocenters. The highest BCUT2D eigenvalue weighted by Gasteiger charge is 2.10. The maximum atomic E-state index is 10.9. The number of carbonyl (C=O) groups is 1. The molecule has 0 atom stereocenters. The average molecular weight is 320 g/mol. The first kappa shape index (κ1) is 14.2.